The maximum Gasteiger partial charge on any atom is 0.123 e. The van der Waals surface area contributed by atoms with Crippen molar-refractivity contribution in [2.45, 2.75) is 19.3 Å². The van der Waals surface area contributed by atoms with Crippen molar-refractivity contribution in [1.82, 2.24) is 4.90 Å². The molecule has 1 fully saturated rings. The lowest BCUT2D eigenvalue weighted by Crippen LogP contribution is -2.32. The van der Waals surface area contributed by atoms with Gasteiger partial charge in [-0.15, -0.1) is 0 Å². The first-order valence-corrected chi connectivity index (χ1v) is 6.27. The number of rotatable bonds is 6. The highest BCUT2D eigenvalue weighted by Gasteiger charge is 2.41. The molecule has 17 heavy (non-hydrogen) atoms. The summed E-state index contributed by atoms with van der Waals surface area (Å²) in [7, 11) is 2.12. The van der Waals surface area contributed by atoms with Crippen LogP contribution in [0.5, 0.6) is 0 Å². The molecule has 3 heteroatoms. The summed E-state index contributed by atoms with van der Waals surface area (Å²) in [5, 5.41) is 0. The van der Waals surface area contributed by atoms with Crippen molar-refractivity contribution in [3.63, 3.8) is 0 Å². The van der Waals surface area contributed by atoms with Gasteiger partial charge in [-0.05, 0) is 56.0 Å². The maximum atomic E-state index is 13.0. The fraction of sp³-hybridized carbons (Fsp3) is 0.571. The minimum Gasteiger partial charge on any atom is -0.330 e. The Morgan fingerprint density at radius 1 is 1.41 bits per heavy atom. The van der Waals surface area contributed by atoms with Crippen LogP contribution in [0, 0.1) is 11.2 Å². The molecule has 1 aromatic carbocycles. The van der Waals surface area contributed by atoms with Crippen LogP contribution in [0.3, 0.4) is 0 Å². The van der Waals surface area contributed by atoms with Crippen LogP contribution in [0.1, 0.15) is 18.4 Å². The quantitative estimate of drug-likeness (QED) is 0.819. The molecule has 2 N–H and O–H groups in total. The van der Waals surface area contributed by atoms with Gasteiger partial charge in [0.2, 0.25) is 0 Å². The van der Waals surface area contributed by atoms with Gasteiger partial charge in [0.25, 0.3) is 0 Å². The van der Waals surface area contributed by atoms with Crippen molar-refractivity contribution in [1.29, 1.82) is 0 Å². The van der Waals surface area contributed by atoms with Gasteiger partial charge in [-0.2, -0.15) is 0 Å². The molecule has 0 spiro atoms. The van der Waals surface area contributed by atoms with Crippen LogP contribution in [0.15, 0.2) is 24.3 Å². The van der Waals surface area contributed by atoms with E-state index in [4.69, 9.17) is 5.73 Å². The van der Waals surface area contributed by atoms with E-state index in [1.165, 1.54) is 18.9 Å². The summed E-state index contributed by atoms with van der Waals surface area (Å²) < 4.78 is 13.0. The third-order valence-electron chi connectivity index (χ3n) is 3.67. The molecule has 1 aliphatic rings. The third kappa shape index (κ3) is 3.51. The van der Waals surface area contributed by atoms with Gasteiger partial charge in [0.05, 0.1) is 0 Å². The molecule has 1 aromatic rings. The number of likely N-dealkylation sites (N-methyl/N-ethyl adjacent to an activating group) is 1. The van der Waals surface area contributed by atoms with Gasteiger partial charge in [0.1, 0.15) is 5.82 Å². The Labute approximate surface area is 103 Å². The molecule has 0 aromatic heterocycles. The molecule has 0 heterocycles. The molecule has 0 unspecified atom stereocenters. The predicted octanol–water partition coefficient (Wildman–Crippen LogP) is 2.04. The lowest BCUT2D eigenvalue weighted by Gasteiger charge is -2.22. The van der Waals surface area contributed by atoms with E-state index in [0.29, 0.717) is 5.41 Å². The Bertz CT molecular complexity index is 374. The smallest absolute Gasteiger partial charge is 0.123 e. The number of nitrogens with two attached hydrogens (primary N) is 1. The summed E-state index contributed by atoms with van der Waals surface area (Å²) in [5.41, 5.74) is 7.22. The van der Waals surface area contributed by atoms with Crippen LogP contribution in [0.4, 0.5) is 4.39 Å². The molecule has 0 saturated heterocycles. The van der Waals surface area contributed by atoms with Crippen LogP contribution in [0.2, 0.25) is 0 Å². The van der Waals surface area contributed by atoms with Crippen LogP contribution in [0.25, 0.3) is 0 Å². The fourth-order valence-corrected chi connectivity index (χ4v) is 2.27. The van der Waals surface area contributed by atoms with E-state index < -0.39 is 0 Å². The first kappa shape index (κ1) is 12.5. The van der Waals surface area contributed by atoms with E-state index in [-0.39, 0.29) is 5.82 Å². The first-order chi connectivity index (χ1) is 8.13. The van der Waals surface area contributed by atoms with Gasteiger partial charge in [-0.3, -0.25) is 0 Å². The fourth-order valence-electron chi connectivity index (χ4n) is 2.27. The maximum absolute atomic E-state index is 13.0. The molecule has 0 atom stereocenters. The molecule has 1 saturated carbocycles. The molecule has 0 aliphatic heterocycles. The van der Waals surface area contributed by atoms with Gasteiger partial charge >= 0.3 is 0 Å². The normalized spacial score (nSPS) is 17.4. The summed E-state index contributed by atoms with van der Waals surface area (Å²) in [5.74, 6) is -0.147. The Kier molecular flexibility index (Phi) is 3.79. The van der Waals surface area contributed by atoms with Gasteiger partial charge < -0.3 is 10.6 Å². The lowest BCUT2D eigenvalue weighted by molar-refractivity contribution is 0.269. The summed E-state index contributed by atoms with van der Waals surface area (Å²) in [4.78, 5) is 2.31. The average molecular weight is 236 g/mol. The Morgan fingerprint density at radius 2 is 2.18 bits per heavy atom. The van der Waals surface area contributed by atoms with Gasteiger partial charge in [-0.25, -0.2) is 4.39 Å². The number of halogens is 1. The highest BCUT2D eigenvalue weighted by Crippen LogP contribution is 2.44. The molecule has 2 rings (SSSR count). The predicted molar refractivity (Wildman–Crippen MR) is 68.3 cm³/mol. The summed E-state index contributed by atoms with van der Waals surface area (Å²) >= 11 is 0. The molecule has 1 aliphatic carbocycles. The van der Waals surface area contributed by atoms with Crippen molar-refractivity contribution in [3.05, 3.63) is 35.6 Å². The highest BCUT2D eigenvalue weighted by molar-refractivity contribution is 5.16. The zero-order chi connectivity index (χ0) is 12.3. The summed E-state index contributed by atoms with van der Waals surface area (Å²) in [6.45, 7) is 2.82. The number of benzene rings is 1. The largest absolute Gasteiger partial charge is 0.330 e. The molecular weight excluding hydrogens is 215 g/mol. The summed E-state index contributed by atoms with van der Waals surface area (Å²) in [6.07, 6.45) is 3.41. The van der Waals surface area contributed by atoms with Crippen molar-refractivity contribution in [2.24, 2.45) is 11.1 Å². The second-order valence-electron chi connectivity index (χ2n) is 5.32. The lowest BCUT2D eigenvalue weighted by atomic mass is 10.1. The zero-order valence-corrected chi connectivity index (χ0v) is 10.5. The van der Waals surface area contributed by atoms with Gasteiger partial charge in [-0.1, -0.05) is 12.1 Å². The molecule has 0 bridgehead atoms. The van der Waals surface area contributed by atoms with E-state index in [9.17, 15) is 4.39 Å². The topological polar surface area (TPSA) is 29.3 Å². The third-order valence-corrected chi connectivity index (χ3v) is 3.67. The van der Waals surface area contributed by atoms with Crippen LogP contribution >= 0.6 is 0 Å². The Morgan fingerprint density at radius 3 is 2.76 bits per heavy atom. The van der Waals surface area contributed by atoms with Gasteiger partial charge in [0.15, 0.2) is 0 Å². The number of hydrogen-bond acceptors (Lipinski definition) is 2. The number of hydrogen-bond donors (Lipinski definition) is 1. The molecule has 2 nitrogen and oxygen atoms in total. The molecule has 0 amide bonds. The minimum atomic E-state index is -0.147. The second-order valence-corrected chi connectivity index (χ2v) is 5.32. The summed E-state index contributed by atoms with van der Waals surface area (Å²) in [6, 6.07) is 6.85. The Hall–Kier alpha value is -0.930. The van der Waals surface area contributed by atoms with Crippen molar-refractivity contribution >= 4 is 0 Å². The van der Waals surface area contributed by atoms with Crippen molar-refractivity contribution in [2.75, 3.05) is 26.7 Å². The molecule has 0 radical (unpaired) electrons. The average Bonchev–Trinajstić information content (AvgIpc) is 3.07. The van der Waals surface area contributed by atoms with E-state index in [1.807, 2.05) is 6.07 Å². The van der Waals surface area contributed by atoms with Gasteiger partial charge in [0, 0.05) is 13.1 Å². The van der Waals surface area contributed by atoms with E-state index in [0.717, 1.165) is 31.6 Å². The van der Waals surface area contributed by atoms with Crippen molar-refractivity contribution < 1.29 is 4.39 Å². The first-order valence-electron chi connectivity index (χ1n) is 6.27. The van der Waals surface area contributed by atoms with Crippen LogP contribution in [-0.2, 0) is 6.42 Å². The molecular formula is C14H21FN2. The monoisotopic (exact) mass is 236 g/mol. The minimum absolute atomic E-state index is 0.147. The van der Waals surface area contributed by atoms with E-state index in [2.05, 4.69) is 11.9 Å². The standard InChI is InChI=1S/C14H21FN2/c1-17(11-14(10-16)6-7-14)8-5-12-3-2-4-13(15)9-12/h2-4,9H,5-8,10-11,16H2,1H3. The highest BCUT2D eigenvalue weighted by atomic mass is 19.1. The SMILES string of the molecule is CN(CCc1cccc(F)c1)CC1(CN)CC1. The van der Waals surface area contributed by atoms with Crippen LogP contribution < -0.4 is 5.73 Å². The van der Waals surface area contributed by atoms with E-state index >= 15 is 0 Å². The molecule has 94 valence electrons. The van der Waals surface area contributed by atoms with E-state index in [1.54, 1.807) is 12.1 Å². The number of nitrogens with zero attached hydrogens (tertiary/aromatic N) is 1. The van der Waals surface area contributed by atoms with Crippen LogP contribution in [-0.4, -0.2) is 31.6 Å². The van der Waals surface area contributed by atoms with Crippen molar-refractivity contribution in [3.8, 4) is 0 Å². The zero-order valence-electron chi connectivity index (χ0n) is 10.5. The second kappa shape index (κ2) is 5.15. The Balaban J connectivity index is 1.78.